The SMILES string of the molecule is COc1c2cc(C(C)O)oc2c(OC)c2sccc12. The molecular weight excluding hydrogens is 264 g/mol. The van der Waals surface area contributed by atoms with Gasteiger partial charge in [-0.05, 0) is 24.4 Å². The summed E-state index contributed by atoms with van der Waals surface area (Å²) in [7, 11) is 3.25. The quantitative estimate of drug-likeness (QED) is 0.793. The van der Waals surface area contributed by atoms with Crippen LogP contribution in [-0.2, 0) is 0 Å². The van der Waals surface area contributed by atoms with Gasteiger partial charge in [-0.25, -0.2) is 0 Å². The van der Waals surface area contributed by atoms with Crippen molar-refractivity contribution in [1.29, 1.82) is 0 Å². The lowest BCUT2D eigenvalue weighted by Gasteiger charge is -2.07. The number of methoxy groups -OCH3 is 2. The summed E-state index contributed by atoms with van der Waals surface area (Å²) in [6, 6.07) is 3.80. The fourth-order valence-electron chi connectivity index (χ4n) is 2.27. The van der Waals surface area contributed by atoms with Crippen molar-refractivity contribution < 1.29 is 19.0 Å². The maximum Gasteiger partial charge on any atom is 0.181 e. The van der Waals surface area contributed by atoms with Crippen LogP contribution in [0.1, 0.15) is 18.8 Å². The van der Waals surface area contributed by atoms with E-state index in [4.69, 9.17) is 13.9 Å². The summed E-state index contributed by atoms with van der Waals surface area (Å²) in [5.41, 5.74) is 0.616. The molecule has 4 nitrogen and oxygen atoms in total. The van der Waals surface area contributed by atoms with Crippen LogP contribution in [0.15, 0.2) is 21.9 Å². The number of aliphatic hydroxyl groups is 1. The first-order valence-corrected chi connectivity index (χ1v) is 6.78. The average Bonchev–Trinajstić information content (AvgIpc) is 3.01. The Morgan fingerprint density at radius 3 is 2.58 bits per heavy atom. The molecule has 0 amide bonds. The Hall–Kier alpha value is -1.72. The molecule has 1 aromatic carbocycles. The van der Waals surface area contributed by atoms with Gasteiger partial charge in [-0.3, -0.25) is 0 Å². The average molecular weight is 278 g/mol. The van der Waals surface area contributed by atoms with E-state index in [0.717, 1.165) is 21.2 Å². The zero-order chi connectivity index (χ0) is 13.6. The molecule has 1 atom stereocenters. The van der Waals surface area contributed by atoms with Gasteiger partial charge in [0.25, 0.3) is 0 Å². The fraction of sp³-hybridized carbons (Fsp3) is 0.286. The molecule has 0 aliphatic heterocycles. The molecule has 0 aliphatic rings. The van der Waals surface area contributed by atoms with Crippen molar-refractivity contribution in [2.45, 2.75) is 13.0 Å². The van der Waals surface area contributed by atoms with E-state index < -0.39 is 6.10 Å². The largest absolute Gasteiger partial charge is 0.495 e. The van der Waals surface area contributed by atoms with Crippen molar-refractivity contribution in [2.75, 3.05) is 14.2 Å². The van der Waals surface area contributed by atoms with Crippen molar-refractivity contribution in [3.63, 3.8) is 0 Å². The number of hydrogen-bond acceptors (Lipinski definition) is 5. The molecule has 2 aromatic heterocycles. The first-order chi connectivity index (χ1) is 9.17. The topological polar surface area (TPSA) is 51.8 Å². The summed E-state index contributed by atoms with van der Waals surface area (Å²) >= 11 is 1.57. The van der Waals surface area contributed by atoms with Gasteiger partial charge in [0, 0.05) is 5.39 Å². The van der Waals surface area contributed by atoms with Crippen LogP contribution in [-0.4, -0.2) is 19.3 Å². The van der Waals surface area contributed by atoms with Gasteiger partial charge >= 0.3 is 0 Å². The minimum absolute atomic E-state index is 0.504. The summed E-state index contributed by atoms with van der Waals surface area (Å²) in [6.07, 6.45) is -0.667. The molecule has 19 heavy (non-hydrogen) atoms. The lowest BCUT2D eigenvalue weighted by Crippen LogP contribution is -1.88. The van der Waals surface area contributed by atoms with Crippen LogP contribution in [0.5, 0.6) is 11.5 Å². The van der Waals surface area contributed by atoms with Crippen LogP contribution in [0.4, 0.5) is 0 Å². The zero-order valence-electron chi connectivity index (χ0n) is 10.9. The van der Waals surface area contributed by atoms with Gasteiger partial charge < -0.3 is 19.0 Å². The molecule has 100 valence electrons. The van der Waals surface area contributed by atoms with Crippen LogP contribution >= 0.6 is 11.3 Å². The van der Waals surface area contributed by atoms with E-state index in [1.54, 1.807) is 38.5 Å². The van der Waals surface area contributed by atoms with Gasteiger partial charge in [-0.1, -0.05) is 0 Å². The van der Waals surface area contributed by atoms with Crippen LogP contribution in [0.25, 0.3) is 21.1 Å². The Bertz CT molecular complexity index is 683. The minimum atomic E-state index is -0.667. The molecule has 3 aromatic rings. The van der Waals surface area contributed by atoms with Crippen molar-refractivity contribution >= 4 is 32.4 Å². The number of thiophene rings is 1. The molecule has 0 radical (unpaired) electrons. The Morgan fingerprint density at radius 1 is 1.21 bits per heavy atom. The van der Waals surface area contributed by atoms with Gasteiger partial charge in [0.05, 0.1) is 24.3 Å². The van der Waals surface area contributed by atoms with Crippen molar-refractivity contribution in [2.24, 2.45) is 0 Å². The fourth-order valence-corrected chi connectivity index (χ4v) is 3.18. The molecule has 2 heterocycles. The van der Waals surface area contributed by atoms with E-state index in [2.05, 4.69) is 0 Å². The van der Waals surface area contributed by atoms with E-state index in [1.165, 1.54) is 0 Å². The highest BCUT2D eigenvalue weighted by atomic mass is 32.1. The highest BCUT2D eigenvalue weighted by molar-refractivity contribution is 7.17. The molecule has 0 spiro atoms. The third-order valence-electron chi connectivity index (χ3n) is 3.14. The number of aliphatic hydroxyl groups excluding tert-OH is 1. The highest BCUT2D eigenvalue weighted by Crippen LogP contribution is 2.46. The summed E-state index contributed by atoms with van der Waals surface area (Å²) in [5.74, 6) is 1.94. The van der Waals surface area contributed by atoms with Crippen LogP contribution < -0.4 is 9.47 Å². The Labute approximate surface area is 114 Å². The zero-order valence-corrected chi connectivity index (χ0v) is 11.7. The van der Waals surface area contributed by atoms with Crippen molar-refractivity contribution in [3.05, 3.63) is 23.3 Å². The Kier molecular flexibility index (Phi) is 2.88. The Morgan fingerprint density at radius 2 is 1.95 bits per heavy atom. The molecule has 0 aliphatic carbocycles. The molecular formula is C14H14O4S. The maximum atomic E-state index is 9.67. The predicted molar refractivity (Wildman–Crippen MR) is 75.3 cm³/mol. The summed E-state index contributed by atoms with van der Waals surface area (Å²) in [6.45, 7) is 1.67. The van der Waals surface area contributed by atoms with E-state index >= 15 is 0 Å². The van der Waals surface area contributed by atoms with Crippen molar-refractivity contribution in [3.8, 4) is 11.5 Å². The number of ether oxygens (including phenoxy) is 2. The van der Waals surface area contributed by atoms with Crippen LogP contribution in [0.3, 0.4) is 0 Å². The first kappa shape index (κ1) is 12.3. The summed E-state index contributed by atoms with van der Waals surface area (Å²) in [4.78, 5) is 0. The second kappa shape index (κ2) is 4.43. The third-order valence-corrected chi connectivity index (χ3v) is 4.05. The molecule has 3 rings (SSSR count). The van der Waals surface area contributed by atoms with E-state index in [1.807, 2.05) is 11.4 Å². The molecule has 5 heteroatoms. The van der Waals surface area contributed by atoms with Crippen molar-refractivity contribution in [1.82, 2.24) is 0 Å². The lowest BCUT2D eigenvalue weighted by molar-refractivity contribution is 0.172. The van der Waals surface area contributed by atoms with Crippen LogP contribution in [0.2, 0.25) is 0 Å². The van der Waals surface area contributed by atoms with Gasteiger partial charge in [0.2, 0.25) is 0 Å². The number of hydrogen-bond donors (Lipinski definition) is 1. The molecule has 0 fully saturated rings. The normalized spacial score (nSPS) is 13.1. The lowest BCUT2D eigenvalue weighted by atomic mass is 10.1. The molecule has 1 N–H and O–H groups in total. The first-order valence-electron chi connectivity index (χ1n) is 5.90. The minimum Gasteiger partial charge on any atom is -0.495 e. The number of furan rings is 1. The smallest absolute Gasteiger partial charge is 0.181 e. The standard InChI is InChI=1S/C14H14O4S/c1-7(15)10-6-9-11(16-2)8-4-5-19-14(8)13(17-3)12(9)18-10/h4-7,15H,1-3H3. The number of fused-ring (bicyclic) bond motifs is 2. The third kappa shape index (κ3) is 1.69. The van der Waals surface area contributed by atoms with Gasteiger partial charge in [0.1, 0.15) is 17.6 Å². The molecule has 1 unspecified atom stereocenters. The molecule has 0 saturated carbocycles. The summed E-state index contributed by atoms with van der Waals surface area (Å²) < 4.78 is 17.7. The Balaban J connectivity index is 2.48. The van der Waals surface area contributed by atoms with Gasteiger partial charge in [-0.15, -0.1) is 11.3 Å². The van der Waals surface area contributed by atoms with E-state index in [9.17, 15) is 5.11 Å². The second-order valence-corrected chi connectivity index (χ2v) is 5.21. The second-order valence-electron chi connectivity index (χ2n) is 4.30. The van der Waals surface area contributed by atoms with Gasteiger partial charge in [-0.2, -0.15) is 0 Å². The predicted octanol–water partition coefficient (Wildman–Crippen LogP) is 3.72. The van der Waals surface area contributed by atoms with E-state index in [-0.39, 0.29) is 0 Å². The molecule has 0 bridgehead atoms. The van der Waals surface area contributed by atoms with E-state index in [0.29, 0.717) is 17.1 Å². The number of benzene rings is 1. The summed E-state index contributed by atoms with van der Waals surface area (Å²) in [5, 5.41) is 13.5. The highest BCUT2D eigenvalue weighted by Gasteiger charge is 2.21. The monoisotopic (exact) mass is 278 g/mol. The molecule has 0 saturated heterocycles. The number of rotatable bonds is 3. The maximum absolute atomic E-state index is 9.67. The van der Waals surface area contributed by atoms with Gasteiger partial charge in [0.15, 0.2) is 11.3 Å². The van der Waals surface area contributed by atoms with Crippen LogP contribution in [0, 0.1) is 0 Å².